The fourth-order valence-corrected chi connectivity index (χ4v) is 2.34. The summed E-state index contributed by atoms with van der Waals surface area (Å²) in [7, 11) is 0. The molecule has 1 fully saturated rings. The highest BCUT2D eigenvalue weighted by molar-refractivity contribution is 7.12. The smallest absolute Gasteiger partial charge is 0.243 e. The number of hydrogen-bond acceptors (Lipinski definition) is 2. The van der Waals surface area contributed by atoms with Crippen LogP contribution in [0, 0.1) is 6.92 Å². The maximum Gasteiger partial charge on any atom is 0.243 e. The van der Waals surface area contributed by atoms with E-state index in [1.807, 2.05) is 19.1 Å². The van der Waals surface area contributed by atoms with E-state index in [9.17, 15) is 4.79 Å². The van der Waals surface area contributed by atoms with E-state index in [0.717, 1.165) is 17.7 Å². The predicted molar refractivity (Wildman–Crippen MR) is 58.8 cm³/mol. The zero-order valence-electron chi connectivity index (χ0n) is 7.92. The Morgan fingerprint density at radius 2 is 2.36 bits per heavy atom. The van der Waals surface area contributed by atoms with Crippen molar-refractivity contribution in [3.63, 3.8) is 0 Å². The third-order valence-corrected chi connectivity index (χ3v) is 3.79. The highest BCUT2D eigenvalue weighted by atomic mass is 35.5. The minimum Gasteiger partial charge on any atom is -0.352 e. The summed E-state index contributed by atoms with van der Waals surface area (Å²) in [6.45, 7) is 2.01. The van der Waals surface area contributed by atoms with E-state index in [1.54, 1.807) is 11.3 Å². The lowest BCUT2D eigenvalue weighted by Crippen LogP contribution is -2.28. The van der Waals surface area contributed by atoms with Crippen LogP contribution < -0.4 is 5.32 Å². The van der Waals surface area contributed by atoms with Crippen LogP contribution in [0.5, 0.6) is 0 Å². The summed E-state index contributed by atoms with van der Waals surface area (Å²) in [5.41, 5.74) is 0. The SMILES string of the molecule is Cc1ccc(C(Cl)C(=O)NC2CC2)s1. The molecule has 0 spiro atoms. The molecule has 1 aromatic heterocycles. The number of rotatable bonds is 3. The van der Waals surface area contributed by atoms with Crippen molar-refractivity contribution >= 4 is 28.8 Å². The summed E-state index contributed by atoms with van der Waals surface area (Å²) in [5.74, 6) is -0.0592. The number of thiophene rings is 1. The van der Waals surface area contributed by atoms with Crippen molar-refractivity contribution < 1.29 is 4.79 Å². The van der Waals surface area contributed by atoms with Gasteiger partial charge in [0.25, 0.3) is 0 Å². The van der Waals surface area contributed by atoms with Crippen LogP contribution in [0.1, 0.15) is 28.0 Å². The van der Waals surface area contributed by atoms with Gasteiger partial charge in [0.1, 0.15) is 5.38 Å². The van der Waals surface area contributed by atoms with Crippen molar-refractivity contribution in [1.29, 1.82) is 0 Å². The lowest BCUT2D eigenvalue weighted by atomic mass is 10.3. The van der Waals surface area contributed by atoms with Gasteiger partial charge < -0.3 is 5.32 Å². The zero-order chi connectivity index (χ0) is 10.1. The Bertz CT molecular complexity index is 346. The topological polar surface area (TPSA) is 29.1 Å². The number of hydrogen-bond donors (Lipinski definition) is 1. The van der Waals surface area contributed by atoms with Gasteiger partial charge in [-0.05, 0) is 31.9 Å². The molecule has 2 rings (SSSR count). The summed E-state index contributed by atoms with van der Waals surface area (Å²) >= 11 is 7.62. The highest BCUT2D eigenvalue weighted by Crippen LogP contribution is 2.29. The minimum absolute atomic E-state index is 0.0592. The molecule has 0 aliphatic heterocycles. The summed E-state index contributed by atoms with van der Waals surface area (Å²) < 4.78 is 0. The van der Waals surface area contributed by atoms with Crippen LogP contribution in [0.15, 0.2) is 12.1 Å². The first kappa shape index (κ1) is 9.99. The average molecular weight is 230 g/mol. The van der Waals surface area contributed by atoms with Crippen molar-refractivity contribution in [2.45, 2.75) is 31.2 Å². The number of carbonyl (C=O) groups is 1. The van der Waals surface area contributed by atoms with E-state index in [-0.39, 0.29) is 5.91 Å². The quantitative estimate of drug-likeness (QED) is 0.794. The molecule has 14 heavy (non-hydrogen) atoms. The molecule has 0 radical (unpaired) electrons. The molecule has 1 aliphatic rings. The van der Waals surface area contributed by atoms with Crippen LogP contribution in [0.2, 0.25) is 0 Å². The van der Waals surface area contributed by atoms with Gasteiger partial charge >= 0.3 is 0 Å². The number of halogens is 1. The summed E-state index contributed by atoms with van der Waals surface area (Å²) in [5, 5.41) is 2.38. The molecule has 4 heteroatoms. The number of aryl methyl sites for hydroxylation is 1. The molecule has 1 unspecified atom stereocenters. The molecule has 0 saturated heterocycles. The second-order valence-corrected chi connectivity index (χ2v) is 5.35. The number of carbonyl (C=O) groups excluding carboxylic acids is 1. The van der Waals surface area contributed by atoms with E-state index in [0.29, 0.717) is 6.04 Å². The predicted octanol–water partition coefficient (Wildman–Crippen LogP) is 2.62. The first-order chi connectivity index (χ1) is 6.66. The molecule has 1 heterocycles. The van der Waals surface area contributed by atoms with Gasteiger partial charge in [0, 0.05) is 15.8 Å². The Morgan fingerprint density at radius 3 is 2.86 bits per heavy atom. The maximum absolute atomic E-state index is 11.6. The van der Waals surface area contributed by atoms with Crippen molar-refractivity contribution in [2.24, 2.45) is 0 Å². The van der Waals surface area contributed by atoms with Gasteiger partial charge in [-0.3, -0.25) is 4.79 Å². The number of alkyl halides is 1. The molecule has 0 aromatic carbocycles. The van der Waals surface area contributed by atoms with Crippen LogP contribution in [0.4, 0.5) is 0 Å². The second kappa shape index (κ2) is 3.91. The lowest BCUT2D eigenvalue weighted by Gasteiger charge is -2.07. The van der Waals surface area contributed by atoms with Crippen molar-refractivity contribution in [3.05, 3.63) is 21.9 Å². The molecule has 1 aromatic rings. The van der Waals surface area contributed by atoms with Gasteiger partial charge in [-0.1, -0.05) is 0 Å². The first-order valence-electron chi connectivity index (χ1n) is 4.67. The molecule has 2 nitrogen and oxygen atoms in total. The average Bonchev–Trinajstić information content (AvgIpc) is 2.85. The fourth-order valence-electron chi connectivity index (χ4n) is 1.22. The second-order valence-electron chi connectivity index (χ2n) is 3.59. The number of amides is 1. The highest BCUT2D eigenvalue weighted by Gasteiger charge is 2.27. The molecule has 1 atom stereocenters. The number of nitrogens with one attached hydrogen (secondary N) is 1. The Morgan fingerprint density at radius 1 is 1.64 bits per heavy atom. The fraction of sp³-hybridized carbons (Fsp3) is 0.500. The summed E-state index contributed by atoms with van der Waals surface area (Å²) in [6, 6.07) is 4.29. The van der Waals surface area contributed by atoms with E-state index < -0.39 is 5.38 Å². The summed E-state index contributed by atoms with van der Waals surface area (Å²) in [4.78, 5) is 13.7. The lowest BCUT2D eigenvalue weighted by molar-refractivity contribution is -0.120. The molecule has 1 N–H and O–H groups in total. The van der Waals surface area contributed by atoms with Gasteiger partial charge in [0.2, 0.25) is 5.91 Å². The van der Waals surface area contributed by atoms with Crippen LogP contribution in [0.25, 0.3) is 0 Å². The molecule has 0 bridgehead atoms. The Labute approximate surface area is 92.3 Å². The Kier molecular flexibility index (Phi) is 2.79. The van der Waals surface area contributed by atoms with E-state index in [4.69, 9.17) is 11.6 Å². The van der Waals surface area contributed by atoms with Crippen molar-refractivity contribution in [3.8, 4) is 0 Å². The third kappa shape index (κ3) is 2.28. The van der Waals surface area contributed by atoms with E-state index in [2.05, 4.69) is 5.32 Å². The maximum atomic E-state index is 11.6. The van der Waals surface area contributed by atoms with Crippen molar-refractivity contribution in [1.82, 2.24) is 5.32 Å². The van der Waals surface area contributed by atoms with Crippen molar-refractivity contribution in [2.75, 3.05) is 0 Å². The summed E-state index contributed by atoms with van der Waals surface area (Å²) in [6.07, 6.45) is 2.19. The van der Waals surface area contributed by atoms with E-state index >= 15 is 0 Å². The van der Waals surface area contributed by atoms with Gasteiger partial charge in [-0.15, -0.1) is 22.9 Å². The van der Waals surface area contributed by atoms with Crippen LogP contribution in [0.3, 0.4) is 0 Å². The molecule has 76 valence electrons. The Balaban J connectivity index is 1.99. The van der Waals surface area contributed by atoms with Gasteiger partial charge in [-0.25, -0.2) is 0 Å². The van der Waals surface area contributed by atoms with E-state index in [1.165, 1.54) is 4.88 Å². The third-order valence-electron chi connectivity index (χ3n) is 2.16. The van der Waals surface area contributed by atoms with Gasteiger partial charge in [0.05, 0.1) is 0 Å². The molecule has 1 aliphatic carbocycles. The largest absolute Gasteiger partial charge is 0.352 e. The molecular weight excluding hydrogens is 218 g/mol. The first-order valence-corrected chi connectivity index (χ1v) is 5.93. The standard InChI is InChI=1S/C10H12ClNOS/c1-6-2-5-8(14-6)9(11)10(13)12-7-3-4-7/h2,5,7,9H,3-4H2,1H3,(H,12,13). The Hall–Kier alpha value is -0.540. The zero-order valence-corrected chi connectivity index (χ0v) is 9.49. The van der Waals surface area contributed by atoms with Gasteiger partial charge in [-0.2, -0.15) is 0 Å². The molecule has 1 saturated carbocycles. The van der Waals surface area contributed by atoms with Crippen LogP contribution >= 0.6 is 22.9 Å². The normalized spacial score (nSPS) is 17.9. The van der Waals surface area contributed by atoms with Crippen LogP contribution in [-0.4, -0.2) is 11.9 Å². The molecule has 1 amide bonds. The monoisotopic (exact) mass is 229 g/mol. The van der Waals surface area contributed by atoms with Gasteiger partial charge in [0.15, 0.2) is 0 Å². The van der Waals surface area contributed by atoms with Crippen LogP contribution in [-0.2, 0) is 4.79 Å². The molecular formula is C10H12ClNOS. The minimum atomic E-state index is -0.519.